The predicted molar refractivity (Wildman–Crippen MR) is 95.9 cm³/mol. The third kappa shape index (κ3) is 6.35. The quantitative estimate of drug-likeness (QED) is 0.695. The Morgan fingerprint density at radius 1 is 1.28 bits per heavy atom. The zero-order chi connectivity index (χ0) is 18.2. The van der Waals surface area contributed by atoms with E-state index in [9.17, 15) is 14.7 Å². The third-order valence-electron chi connectivity index (χ3n) is 4.67. The lowest BCUT2D eigenvalue weighted by Gasteiger charge is -2.18. The molecule has 0 heterocycles. The first-order valence-electron chi connectivity index (χ1n) is 9.05. The van der Waals surface area contributed by atoms with Crippen molar-refractivity contribution >= 4 is 17.6 Å². The number of rotatable bonds is 8. The Hall–Kier alpha value is -2.14. The van der Waals surface area contributed by atoms with Gasteiger partial charge < -0.3 is 20.5 Å². The summed E-state index contributed by atoms with van der Waals surface area (Å²) in [5.74, 6) is -1.48. The predicted octanol–water partition coefficient (Wildman–Crippen LogP) is 1.20. The number of hydrogen-bond donors (Lipinski definition) is 2. The molecule has 3 N–H and O–H groups in total. The van der Waals surface area contributed by atoms with Gasteiger partial charge in [0.05, 0.1) is 18.9 Å². The Labute approximate surface area is 149 Å². The van der Waals surface area contributed by atoms with Gasteiger partial charge >= 0.3 is 0 Å². The molecule has 0 aromatic heterocycles. The van der Waals surface area contributed by atoms with Gasteiger partial charge in [-0.2, -0.15) is 0 Å². The van der Waals surface area contributed by atoms with Gasteiger partial charge in [-0.15, -0.1) is 0 Å². The summed E-state index contributed by atoms with van der Waals surface area (Å²) < 4.78 is 0. The topological polar surface area (TPSA) is 85.8 Å². The van der Waals surface area contributed by atoms with E-state index in [1.807, 2.05) is 32.0 Å². The molecule has 5 nitrogen and oxygen atoms in total. The van der Waals surface area contributed by atoms with E-state index in [0.717, 1.165) is 36.1 Å². The highest BCUT2D eigenvalue weighted by atomic mass is 16.4. The summed E-state index contributed by atoms with van der Waals surface area (Å²) in [6.45, 7) is 4.58. The van der Waals surface area contributed by atoms with Crippen molar-refractivity contribution in [2.24, 2.45) is 0 Å². The highest BCUT2D eigenvalue weighted by Crippen LogP contribution is 2.19. The summed E-state index contributed by atoms with van der Waals surface area (Å²) in [5.41, 5.74) is 4.21. The minimum atomic E-state index is -1.19. The van der Waals surface area contributed by atoms with Gasteiger partial charge in [0.25, 0.3) is 0 Å². The van der Waals surface area contributed by atoms with Crippen molar-refractivity contribution < 1.29 is 20.0 Å². The van der Waals surface area contributed by atoms with Gasteiger partial charge in [0.1, 0.15) is 6.04 Å². The average Bonchev–Trinajstić information content (AvgIpc) is 2.57. The van der Waals surface area contributed by atoms with Crippen molar-refractivity contribution in [1.82, 2.24) is 0 Å². The van der Waals surface area contributed by atoms with E-state index in [-0.39, 0.29) is 12.3 Å². The summed E-state index contributed by atoms with van der Waals surface area (Å²) in [6.07, 6.45) is 7.74. The first kappa shape index (κ1) is 19.2. The molecule has 0 aliphatic heterocycles. The summed E-state index contributed by atoms with van der Waals surface area (Å²) in [4.78, 5) is 23.5. The first-order valence-corrected chi connectivity index (χ1v) is 9.05. The van der Waals surface area contributed by atoms with E-state index in [0.29, 0.717) is 6.54 Å². The van der Waals surface area contributed by atoms with E-state index in [1.54, 1.807) is 5.32 Å². The Balaban J connectivity index is 1.84. The van der Waals surface area contributed by atoms with Crippen molar-refractivity contribution in [3.8, 4) is 0 Å². The van der Waals surface area contributed by atoms with Crippen LogP contribution in [0.25, 0.3) is 0 Å². The molecule has 0 unspecified atom stereocenters. The number of carbonyl (C=O) groups excluding carboxylic acids is 2. The number of carbonyl (C=O) groups is 2. The second-order valence-electron chi connectivity index (χ2n) is 6.88. The van der Waals surface area contributed by atoms with Gasteiger partial charge in [-0.1, -0.05) is 29.3 Å². The molecule has 0 saturated carbocycles. The lowest BCUT2D eigenvalue weighted by Crippen LogP contribution is -2.93. The number of benzene rings is 1. The molecule has 5 heteroatoms. The molecule has 0 spiro atoms. The van der Waals surface area contributed by atoms with Crippen molar-refractivity contribution in [2.75, 3.05) is 11.9 Å². The average molecular weight is 344 g/mol. The van der Waals surface area contributed by atoms with Crippen LogP contribution < -0.4 is 15.7 Å². The van der Waals surface area contributed by atoms with Gasteiger partial charge in [0.2, 0.25) is 5.91 Å². The number of allylic oxidation sites excluding steroid dienone is 1. The molecule has 25 heavy (non-hydrogen) atoms. The monoisotopic (exact) mass is 344 g/mol. The number of aliphatic carboxylic acids is 1. The Kier molecular flexibility index (Phi) is 7.19. The molecule has 1 amide bonds. The second-order valence-corrected chi connectivity index (χ2v) is 6.88. The van der Waals surface area contributed by atoms with Gasteiger partial charge in [-0.05, 0) is 51.2 Å². The summed E-state index contributed by atoms with van der Waals surface area (Å²) in [6, 6.07) is 4.89. The SMILES string of the molecule is Cc1ccc(NC(=O)C[C@H]([NH2+]CCC2=CCCCC2)C(=O)[O-])c(C)c1. The van der Waals surface area contributed by atoms with E-state index < -0.39 is 12.0 Å². The number of hydrogen-bond acceptors (Lipinski definition) is 3. The van der Waals surface area contributed by atoms with E-state index >= 15 is 0 Å². The smallest absolute Gasteiger partial charge is 0.230 e. The van der Waals surface area contributed by atoms with E-state index in [2.05, 4.69) is 11.4 Å². The number of aryl methyl sites for hydroxylation is 2. The lowest BCUT2D eigenvalue weighted by atomic mass is 9.97. The maximum absolute atomic E-state index is 12.2. The van der Waals surface area contributed by atoms with Crippen molar-refractivity contribution in [2.45, 2.75) is 58.4 Å². The Morgan fingerprint density at radius 3 is 2.72 bits per heavy atom. The van der Waals surface area contributed by atoms with Crippen LogP contribution >= 0.6 is 0 Å². The largest absolute Gasteiger partial charge is 0.544 e. The second kappa shape index (κ2) is 9.37. The van der Waals surface area contributed by atoms with Crippen LogP contribution in [0.5, 0.6) is 0 Å². The number of carboxylic acids is 1. The summed E-state index contributed by atoms with van der Waals surface area (Å²) in [5, 5.41) is 15.9. The molecule has 1 aliphatic carbocycles. The van der Waals surface area contributed by atoms with E-state index in [1.165, 1.54) is 18.4 Å². The van der Waals surface area contributed by atoms with Crippen LogP contribution in [0.4, 0.5) is 5.69 Å². The molecule has 136 valence electrons. The molecule has 2 rings (SSSR count). The van der Waals surface area contributed by atoms with Crippen LogP contribution in [-0.4, -0.2) is 24.5 Å². The van der Waals surface area contributed by atoms with E-state index in [4.69, 9.17) is 0 Å². The maximum Gasteiger partial charge on any atom is 0.230 e. The number of carboxylic acid groups (broad SMARTS) is 1. The van der Waals surface area contributed by atoms with Gasteiger partial charge in [-0.3, -0.25) is 4.79 Å². The fraction of sp³-hybridized carbons (Fsp3) is 0.500. The zero-order valence-corrected chi connectivity index (χ0v) is 15.1. The van der Waals surface area contributed by atoms with Crippen molar-refractivity contribution in [1.29, 1.82) is 0 Å². The maximum atomic E-state index is 12.2. The third-order valence-corrected chi connectivity index (χ3v) is 4.67. The number of amides is 1. The number of quaternary nitrogens is 1. The highest BCUT2D eigenvalue weighted by molar-refractivity contribution is 5.94. The van der Waals surface area contributed by atoms with Crippen LogP contribution in [0.2, 0.25) is 0 Å². The van der Waals surface area contributed by atoms with Crippen LogP contribution in [-0.2, 0) is 9.59 Å². The first-order chi connectivity index (χ1) is 12.0. The fourth-order valence-corrected chi connectivity index (χ4v) is 3.22. The number of anilines is 1. The normalized spacial score (nSPS) is 15.4. The Bertz CT molecular complexity index is 652. The summed E-state index contributed by atoms with van der Waals surface area (Å²) in [7, 11) is 0. The molecule has 1 atom stereocenters. The number of nitrogens with one attached hydrogen (secondary N) is 1. The molecule has 0 fully saturated rings. The standard InChI is InChI=1S/C20H28N2O3/c1-14-8-9-17(15(2)12-14)22-19(23)13-18(20(24)25)21-11-10-16-6-4-3-5-7-16/h6,8-9,12,18,21H,3-5,7,10-11,13H2,1-2H3,(H,22,23)(H,24,25)/t18-/m0/s1. The molecule has 1 aromatic rings. The molecule has 1 aliphatic rings. The van der Waals surface area contributed by atoms with Crippen LogP contribution in [0.1, 0.15) is 49.7 Å². The highest BCUT2D eigenvalue weighted by Gasteiger charge is 2.19. The lowest BCUT2D eigenvalue weighted by molar-refractivity contribution is -0.682. The van der Waals surface area contributed by atoms with Gasteiger partial charge in [-0.25, -0.2) is 0 Å². The number of nitrogens with two attached hydrogens (primary N) is 1. The van der Waals surface area contributed by atoms with Crippen molar-refractivity contribution in [3.63, 3.8) is 0 Å². The van der Waals surface area contributed by atoms with Crippen LogP contribution in [0.15, 0.2) is 29.8 Å². The Morgan fingerprint density at radius 2 is 2.08 bits per heavy atom. The van der Waals surface area contributed by atoms with Crippen molar-refractivity contribution in [3.05, 3.63) is 41.0 Å². The molecule has 0 saturated heterocycles. The summed E-state index contributed by atoms with van der Waals surface area (Å²) >= 11 is 0. The molecule has 0 radical (unpaired) electrons. The van der Waals surface area contributed by atoms with Crippen LogP contribution in [0, 0.1) is 13.8 Å². The molecular formula is C20H28N2O3. The molecule has 1 aromatic carbocycles. The molecule has 0 bridgehead atoms. The van der Waals surface area contributed by atoms with Gasteiger partial charge in [0, 0.05) is 12.1 Å². The minimum Gasteiger partial charge on any atom is -0.544 e. The van der Waals surface area contributed by atoms with Crippen LogP contribution in [0.3, 0.4) is 0 Å². The zero-order valence-electron chi connectivity index (χ0n) is 15.1. The van der Waals surface area contributed by atoms with Gasteiger partial charge in [0.15, 0.2) is 0 Å². The molecular weight excluding hydrogens is 316 g/mol. The minimum absolute atomic E-state index is 0.0886. The fourth-order valence-electron chi connectivity index (χ4n) is 3.22.